The quantitative estimate of drug-likeness (QED) is 0.866. The zero-order valence-corrected chi connectivity index (χ0v) is 12.5. The van der Waals surface area contributed by atoms with E-state index in [0.29, 0.717) is 17.7 Å². The van der Waals surface area contributed by atoms with Gasteiger partial charge in [0.25, 0.3) is 5.91 Å². The number of amides is 1. The first-order valence-electron chi connectivity index (χ1n) is 7.30. The van der Waals surface area contributed by atoms with Crippen molar-refractivity contribution in [1.29, 1.82) is 0 Å². The van der Waals surface area contributed by atoms with Crippen molar-refractivity contribution < 1.29 is 18.0 Å². The van der Waals surface area contributed by atoms with Gasteiger partial charge in [0.2, 0.25) is 0 Å². The van der Waals surface area contributed by atoms with Crippen LogP contribution in [0.3, 0.4) is 0 Å². The van der Waals surface area contributed by atoms with Gasteiger partial charge in [-0.25, -0.2) is 0 Å². The van der Waals surface area contributed by atoms with Crippen molar-refractivity contribution >= 4 is 5.91 Å². The maximum absolute atomic E-state index is 12.6. The molecule has 0 atom stereocenters. The van der Waals surface area contributed by atoms with Crippen LogP contribution < -0.4 is 0 Å². The van der Waals surface area contributed by atoms with E-state index < -0.39 is 11.7 Å². The van der Waals surface area contributed by atoms with E-state index in [1.165, 1.54) is 18.3 Å². The van der Waals surface area contributed by atoms with E-state index in [9.17, 15) is 18.0 Å². The second-order valence-electron chi connectivity index (χ2n) is 5.76. The highest BCUT2D eigenvalue weighted by molar-refractivity contribution is 5.94. The highest BCUT2D eigenvalue weighted by Crippen LogP contribution is 2.31. The van der Waals surface area contributed by atoms with Crippen LogP contribution in [0.1, 0.15) is 34.3 Å². The van der Waals surface area contributed by atoms with E-state index in [2.05, 4.69) is 5.10 Å². The zero-order chi connectivity index (χ0) is 16.6. The Morgan fingerprint density at radius 3 is 2.43 bits per heavy atom. The summed E-state index contributed by atoms with van der Waals surface area (Å²) in [7, 11) is 1.73. The number of nitrogens with zero attached hydrogens (tertiary/aromatic N) is 3. The SMILES string of the molecule is Cn1cc(C(=O)N(Cc2ccc(C(F)(F)F)cc2)C2CC2)cn1. The van der Waals surface area contributed by atoms with Crippen molar-refractivity contribution in [3.05, 3.63) is 53.3 Å². The summed E-state index contributed by atoms with van der Waals surface area (Å²) >= 11 is 0. The van der Waals surface area contributed by atoms with Gasteiger partial charge in [-0.1, -0.05) is 12.1 Å². The number of carbonyl (C=O) groups excluding carboxylic acids is 1. The van der Waals surface area contributed by atoms with Crippen LogP contribution in [0.2, 0.25) is 0 Å². The molecule has 7 heteroatoms. The smallest absolute Gasteiger partial charge is 0.331 e. The highest BCUT2D eigenvalue weighted by atomic mass is 19.4. The average Bonchev–Trinajstić information content (AvgIpc) is 3.25. The van der Waals surface area contributed by atoms with E-state index in [1.807, 2.05) is 0 Å². The molecule has 1 aliphatic rings. The molecule has 1 saturated carbocycles. The number of aromatic nitrogens is 2. The van der Waals surface area contributed by atoms with Gasteiger partial charge in [0.05, 0.1) is 17.3 Å². The van der Waals surface area contributed by atoms with Gasteiger partial charge in [-0.3, -0.25) is 9.48 Å². The summed E-state index contributed by atoms with van der Waals surface area (Å²) in [4.78, 5) is 14.3. The van der Waals surface area contributed by atoms with Crippen molar-refractivity contribution in [2.45, 2.75) is 31.6 Å². The molecule has 2 aromatic rings. The Balaban J connectivity index is 1.76. The number of benzene rings is 1. The Bertz CT molecular complexity index is 702. The number of carbonyl (C=O) groups is 1. The monoisotopic (exact) mass is 323 g/mol. The summed E-state index contributed by atoms with van der Waals surface area (Å²) in [6, 6.07) is 5.11. The van der Waals surface area contributed by atoms with Gasteiger partial charge in [-0.15, -0.1) is 0 Å². The second-order valence-corrected chi connectivity index (χ2v) is 5.76. The molecule has 0 saturated heterocycles. The van der Waals surface area contributed by atoms with E-state index in [-0.39, 0.29) is 11.9 Å². The standard InChI is InChI=1S/C16H16F3N3O/c1-21-10-12(8-20-21)15(23)22(14-6-7-14)9-11-2-4-13(5-3-11)16(17,18)19/h2-5,8,10,14H,6-7,9H2,1H3. The number of alkyl halides is 3. The molecule has 4 nitrogen and oxygen atoms in total. The summed E-state index contributed by atoms with van der Waals surface area (Å²) in [6.45, 7) is 0.302. The number of rotatable bonds is 4. The van der Waals surface area contributed by atoms with Crippen LogP contribution in [0.25, 0.3) is 0 Å². The van der Waals surface area contributed by atoms with Crippen LogP contribution >= 0.6 is 0 Å². The molecule has 0 radical (unpaired) electrons. The van der Waals surface area contributed by atoms with Gasteiger partial charge in [-0.2, -0.15) is 18.3 Å². The molecule has 1 aromatic heterocycles. The van der Waals surface area contributed by atoms with Gasteiger partial charge in [0.15, 0.2) is 0 Å². The highest BCUT2D eigenvalue weighted by Gasteiger charge is 2.34. The van der Waals surface area contributed by atoms with Crippen LogP contribution in [0, 0.1) is 0 Å². The third kappa shape index (κ3) is 3.55. The summed E-state index contributed by atoms with van der Waals surface area (Å²) in [5, 5.41) is 3.99. The molecule has 1 aliphatic carbocycles. The molecule has 23 heavy (non-hydrogen) atoms. The first-order chi connectivity index (χ1) is 10.8. The molecule has 1 amide bonds. The number of hydrogen-bond acceptors (Lipinski definition) is 2. The van der Waals surface area contributed by atoms with Crippen LogP contribution in [0.15, 0.2) is 36.7 Å². The molecule has 1 aromatic carbocycles. The van der Waals surface area contributed by atoms with Gasteiger partial charge >= 0.3 is 6.18 Å². The maximum atomic E-state index is 12.6. The van der Waals surface area contributed by atoms with E-state index in [1.54, 1.807) is 22.8 Å². The first-order valence-corrected chi connectivity index (χ1v) is 7.30. The molecular formula is C16H16F3N3O. The Labute approximate surface area is 131 Å². The Hall–Kier alpha value is -2.31. The van der Waals surface area contributed by atoms with Crippen LogP contribution in [-0.4, -0.2) is 26.6 Å². The number of hydrogen-bond donors (Lipinski definition) is 0. The average molecular weight is 323 g/mol. The fourth-order valence-corrected chi connectivity index (χ4v) is 2.45. The summed E-state index contributed by atoms with van der Waals surface area (Å²) in [6.07, 6.45) is 0.647. The Morgan fingerprint density at radius 2 is 1.96 bits per heavy atom. The third-order valence-corrected chi connectivity index (χ3v) is 3.83. The van der Waals surface area contributed by atoms with E-state index in [0.717, 1.165) is 25.0 Å². The lowest BCUT2D eigenvalue weighted by molar-refractivity contribution is -0.137. The number of halogens is 3. The van der Waals surface area contributed by atoms with E-state index >= 15 is 0 Å². The molecule has 1 fully saturated rings. The minimum Gasteiger partial charge on any atom is -0.331 e. The molecule has 0 spiro atoms. The lowest BCUT2D eigenvalue weighted by atomic mass is 10.1. The third-order valence-electron chi connectivity index (χ3n) is 3.83. The minimum absolute atomic E-state index is 0.138. The Kier molecular flexibility index (Phi) is 3.87. The Morgan fingerprint density at radius 1 is 1.30 bits per heavy atom. The van der Waals surface area contributed by atoms with Gasteiger partial charge in [0.1, 0.15) is 0 Å². The van der Waals surface area contributed by atoms with Gasteiger partial charge in [-0.05, 0) is 30.5 Å². The predicted octanol–water partition coefficient (Wildman–Crippen LogP) is 3.24. The molecule has 1 heterocycles. The summed E-state index contributed by atoms with van der Waals surface area (Å²) in [5.74, 6) is -0.138. The fourth-order valence-electron chi connectivity index (χ4n) is 2.45. The molecule has 3 rings (SSSR count). The fraction of sp³-hybridized carbons (Fsp3) is 0.375. The van der Waals surface area contributed by atoms with Crippen molar-refractivity contribution in [2.75, 3.05) is 0 Å². The van der Waals surface area contributed by atoms with Crippen molar-refractivity contribution in [3.8, 4) is 0 Å². The van der Waals surface area contributed by atoms with Crippen molar-refractivity contribution in [1.82, 2.24) is 14.7 Å². The topological polar surface area (TPSA) is 38.1 Å². The van der Waals surface area contributed by atoms with E-state index in [4.69, 9.17) is 0 Å². The largest absolute Gasteiger partial charge is 0.416 e. The summed E-state index contributed by atoms with van der Waals surface area (Å²) < 4.78 is 39.3. The lowest BCUT2D eigenvalue weighted by Crippen LogP contribution is -2.32. The maximum Gasteiger partial charge on any atom is 0.416 e. The van der Waals surface area contributed by atoms with Crippen molar-refractivity contribution in [2.24, 2.45) is 7.05 Å². The molecule has 122 valence electrons. The molecule has 0 aliphatic heterocycles. The normalized spacial score (nSPS) is 14.8. The zero-order valence-electron chi connectivity index (χ0n) is 12.5. The molecule has 0 N–H and O–H groups in total. The summed E-state index contributed by atoms with van der Waals surface area (Å²) in [5.41, 5.74) is 0.492. The van der Waals surface area contributed by atoms with Crippen LogP contribution in [0.4, 0.5) is 13.2 Å². The van der Waals surface area contributed by atoms with Crippen LogP contribution in [0.5, 0.6) is 0 Å². The first kappa shape index (κ1) is 15.6. The number of aryl methyl sites for hydroxylation is 1. The lowest BCUT2D eigenvalue weighted by Gasteiger charge is -2.22. The predicted molar refractivity (Wildman–Crippen MR) is 77.5 cm³/mol. The van der Waals surface area contributed by atoms with Crippen molar-refractivity contribution in [3.63, 3.8) is 0 Å². The second kappa shape index (κ2) is 5.72. The van der Waals surface area contributed by atoms with Crippen LogP contribution in [-0.2, 0) is 19.8 Å². The molecule has 0 unspecified atom stereocenters. The molecule has 0 bridgehead atoms. The minimum atomic E-state index is -4.35. The van der Waals surface area contributed by atoms with Gasteiger partial charge < -0.3 is 4.90 Å². The molecular weight excluding hydrogens is 307 g/mol. The van der Waals surface area contributed by atoms with Gasteiger partial charge in [0, 0.05) is 25.8 Å².